The molecule has 0 amide bonds. The molecule has 88 valence electrons. The molecule has 0 radical (unpaired) electrons. The van der Waals surface area contributed by atoms with Gasteiger partial charge in [-0.3, -0.25) is 9.97 Å². The van der Waals surface area contributed by atoms with Crippen LogP contribution >= 0.6 is 31.9 Å². The van der Waals surface area contributed by atoms with Gasteiger partial charge in [0.05, 0.1) is 11.7 Å². The zero-order valence-corrected chi connectivity index (χ0v) is 12.4. The van der Waals surface area contributed by atoms with Gasteiger partial charge in [-0.2, -0.15) is 0 Å². The zero-order chi connectivity index (χ0) is 12.3. The van der Waals surface area contributed by atoms with Crippen molar-refractivity contribution < 1.29 is 0 Å². The summed E-state index contributed by atoms with van der Waals surface area (Å²) in [6, 6.07) is 5.98. The van der Waals surface area contributed by atoms with Crippen LogP contribution in [-0.4, -0.2) is 17.0 Å². The first-order valence-electron chi connectivity index (χ1n) is 5.10. The van der Waals surface area contributed by atoms with Crippen molar-refractivity contribution in [1.29, 1.82) is 0 Å². The maximum absolute atomic E-state index is 4.44. The minimum absolute atomic E-state index is 0.0335. The Balaban J connectivity index is 2.42. The molecule has 2 aromatic rings. The number of nitrogens with one attached hydrogen (secondary N) is 1. The van der Waals surface area contributed by atoms with E-state index in [1.807, 2.05) is 31.4 Å². The van der Waals surface area contributed by atoms with Gasteiger partial charge in [-0.05, 0) is 56.6 Å². The summed E-state index contributed by atoms with van der Waals surface area (Å²) < 4.78 is 1.92. The number of pyridine rings is 2. The Labute approximate surface area is 117 Å². The summed E-state index contributed by atoms with van der Waals surface area (Å²) in [5.74, 6) is 0. The van der Waals surface area contributed by atoms with Gasteiger partial charge in [-0.25, -0.2) is 0 Å². The van der Waals surface area contributed by atoms with Crippen molar-refractivity contribution in [3.63, 3.8) is 0 Å². The van der Waals surface area contributed by atoms with Crippen LogP contribution < -0.4 is 5.32 Å². The Morgan fingerprint density at radius 1 is 1.29 bits per heavy atom. The van der Waals surface area contributed by atoms with E-state index < -0.39 is 0 Å². The number of halogens is 2. The Bertz CT molecular complexity index is 502. The van der Waals surface area contributed by atoms with Crippen LogP contribution in [0.4, 0.5) is 0 Å². The van der Waals surface area contributed by atoms with E-state index in [9.17, 15) is 0 Å². The molecule has 5 heteroatoms. The highest BCUT2D eigenvalue weighted by Crippen LogP contribution is 2.28. The average molecular weight is 357 g/mol. The van der Waals surface area contributed by atoms with Gasteiger partial charge in [0.15, 0.2) is 0 Å². The fourth-order valence-corrected chi connectivity index (χ4v) is 2.86. The van der Waals surface area contributed by atoms with Gasteiger partial charge in [0, 0.05) is 27.5 Å². The van der Waals surface area contributed by atoms with E-state index in [4.69, 9.17) is 0 Å². The smallest absolute Gasteiger partial charge is 0.0775 e. The molecular formula is C12H11Br2N3. The van der Waals surface area contributed by atoms with Crippen LogP contribution in [0.25, 0.3) is 0 Å². The largest absolute Gasteiger partial charge is 0.308 e. The third-order valence-corrected chi connectivity index (χ3v) is 3.48. The summed E-state index contributed by atoms with van der Waals surface area (Å²) in [6.45, 7) is 0. The first kappa shape index (κ1) is 12.7. The molecule has 2 rings (SSSR count). The lowest BCUT2D eigenvalue weighted by molar-refractivity contribution is 0.664. The molecular weight excluding hydrogens is 346 g/mol. The molecule has 0 aliphatic rings. The van der Waals surface area contributed by atoms with E-state index in [0.717, 1.165) is 20.2 Å². The first-order valence-corrected chi connectivity index (χ1v) is 6.69. The van der Waals surface area contributed by atoms with E-state index >= 15 is 0 Å². The van der Waals surface area contributed by atoms with Gasteiger partial charge in [0.2, 0.25) is 0 Å². The van der Waals surface area contributed by atoms with E-state index in [-0.39, 0.29) is 6.04 Å². The third-order valence-electron chi connectivity index (χ3n) is 2.42. The van der Waals surface area contributed by atoms with E-state index in [1.54, 1.807) is 12.4 Å². The second-order valence-electron chi connectivity index (χ2n) is 3.53. The summed E-state index contributed by atoms with van der Waals surface area (Å²) in [5, 5.41) is 3.25. The summed E-state index contributed by atoms with van der Waals surface area (Å²) in [4.78, 5) is 8.58. The summed E-state index contributed by atoms with van der Waals surface area (Å²) in [5.41, 5.74) is 2.04. The van der Waals surface area contributed by atoms with E-state index in [1.165, 1.54) is 0 Å². The maximum atomic E-state index is 4.44. The number of hydrogen-bond donors (Lipinski definition) is 1. The summed E-state index contributed by atoms with van der Waals surface area (Å²) >= 11 is 6.93. The Morgan fingerprint density at radius 3 is 2.71 bits per heavy atom. The SMILES string of the molecule is CNC(c1cccnc1)c1ncc(Br)cc1Br. The van der Waals surface area contributed by atoms with E-state index in [2.05, 4.69) is 47.1 Å². The number of nitrogens with zero attached hydrogens (tertiary/aromatic N) is 2. The van der Waals surface area contributed by atoms with Crippen LogP contribution in [0.1, 0.15) is 17.3 Å². The lowest BCUT2D eigenvalue weighted by Gasteiger charge is -2.17. The molecule has 0 aliphatic heterocycles. The zero-order valence-electron chi connectivity index (χ0n) is 9.19. The number of aromatic nitrogens is 2. The molecule has 3 nitrogen and oxygen atoms in total. The van der Waals surface area contributed by atoms with Gasteiger partial charge in [-0.15, -0.1) is 0 Å². The van der Waals surface area contributed by atoms with Crippen LogP contribution in [-0.2, 0) is 0 Å². The van der Waals surface area contributed by atoms with Gasteiger partial charge >= 0.3 is 0 Å². The summed E-state index contributed by atoms with van der Waals surface area (Å²) in [7, 11) is 1.91. The Hall–Kier alpha value is -0.780. The van der Waals surface area contributed by atoms with Crippen molar-refractivity contribution in [2.24, 2.45) is 0 Å². The van der Waals surface area contributed by atoms with E-state index in [0.29, 0.717) is 0 Å². The van der Waals surface area contributed by atoms with Crippen LogP contribution in [0.5, 0.6) is 0 Å². The molecule has 0 bridgehead atoms. The molecule has 1 atom stereocenters. The maximum Gasteiger partial charge on any atom is 0.0775 e. The fraction of sp³-hybridized carbons (Fsp3) is 0.167. The van der Waals surface area contributed by atoms with Crippen molar-refractivity contribution in [2.45, 2.75) is 6.04 Å². The molecule has 0 saturated heterocycles. The predicted molar refractivity (Wildman–Crippen MR) is 74.8 cm³/mol. The van der Waals surface area contributed by atoms with Crippen LogP contribution in [0.3, 0.4) is 0 Å². The highest BCUT2D eigenvalue weighted by atomic mass is 79.9. The fourth-order valence-electron chi connectivity index (χ4n) is 1.65. The normalized spacial score (nSPS) is 12.4. The third kappa shape index (κ3) is 2.91. The highest BCUT2D eigenvalue weighted by Gasteiger charge is 2.16. The summed E-state index contributed by atoms with van der Waals surface area (Å²) in [6.07, 6.45) is 5.40. The number of hydrogen-bond acceptors (Lipinski definition) is 3. The predicted octanol–water partition coefficient (Wildman–Crippen LogP) is 3.31. The van der Waals surface area contributed by atoms with Crippen molar-refractivity contribution in [3.05, 3.63) is 57.0 Å². The average Bonchev–Trinajstić information content (AvgIpc) is 2.34. The quantitative estimate of drug-likeness (QED) is 0.916. The van der Waals surface area contributed by atoms with Gasteiger partial charge in [0.1, 0.15) is 0 Å². The molecule has 0 spiro atoms. The van der Waals surface area contributed by atoms with Crippen molar-refractivity contribution in [3.8, 4) is 0 Å². The lowest BCUT2D eigenvalue weighted by Crippen LogP contribution is -2.19. The highest BCUT2D eigenvalue weighted by molar-refractivity contribution is 9.11. The monoisotopic (exact) mass is 355 g/mol. The van der Waals surface area contributed by atoms with Crippen molar-refractivity contribution in [2.75, 3.05) is 7.05 Å². The Kier molecular flexibility index (Phi) is 4.25. The molecule has 2 aromatic heterocycles. The van der Waals surface area contributed by atoms with Gasteiger partial charge in [0.25, 0.3) is 0 Å². The lowest BCUT2D eigenvalue weighted by atomic mass is 10.1. The number of rotatable bonds is 3. The van der Waals surface area contributed by atoms with Crippen LogP contribution in [0.15, 0.2) is 45.7 Å². The molecule has 0 fully saturated rings. The minimum Gasteiger partial charge on any atom is -0.308 e. The second kappa shape index (κ2) is 5.71. The molecule has 17 heavy (non-hydrogen) atoms. The molecule has 2 heterocycles. The van der Waals surface area contributed by atoms with Crippen LogP contribution in [0.2, 0.25) is 0 Å². The Morgan fingerprint density at radius 2 is 2.12 bits per heavy atom. The van der Waals surface area contributed by atoms with Crippen LogP contribution in [0, 0.1) is 0 Å². The van der Waals surface area contributed by atoms with Crippen molar-refractivity contribution >= 4 is 31.9 Å². The molecule has 0 saturated carbocycles. The molecule has 1 N–H and O–H groups in total. The molecule has 0 aromatic carbocycles. The minimum atomic E-state index is 0.0335. The topological polar surface area (TPSA) is 37.8 Å². The van der Waals surface area contributed by atoms with Crippen molar-refractivity contribution in [1.82, 2.24) is 15.3 Å². The van der Waals surface area contributed by atoms with Gasteiger partial charge < -0.3 is 5.32 Å². The molecule has 1 unspecified atom stereocenters. The standard InChI is InChI=1S/C12H11Br2N3/c1-15-11(8-3-2-4-16-6-8)12-10(14)5-9(13)7-17-12/h2-7,11,15H,1H3. The van der Waals surface area contributed by atoms with Gasteiger partial charge in [-0.1, -0.05) is 6.07 Å². The second-order valence-corrected chi connectivity index (χ2v) is 5.30. The first-order chi connectivity index (χ1) is 8.22. The molecule has 0 aliphatic carbocycles.